The van der Waals surface area contributed by atoms with Crippen molar-refractivity contribution >= 4 is 15.9 Å². The second-order valence-corrected chi connectivity index (χ2v) is 7.92. The van der Waals surface area contributed by atoms with Crippen LogP contribution in [0.25, 0.3) is 11.3 Å². The Labute approximate surface area is 164 Å². The van der Waals surface area contributed by atoms with Crippen molar-refractivity contribution in [1.82, 2.24) is 4.72 Å². The lowest BCUT2D eigenvalue weighted by molar-refractivity contribution is -0.119. The maximum atomic E-state index is 12.6. The molecule has 0 aliphatic heterocycles. The van der Waals surface area contributed by atoms with Gasteiger partial charge in [0.1, 0.15) is 18.1 Å². The van der Waals surface area contributed by atoms with Gasteiger partial charge in [0.2, 0.25) is 5.91 Å². The highest BCUT2D eigenvalue weighted by molar-refractivity contribution is 7.90. The third kappa shape index (κ3) is 5.09. The molecule has 0 unspecified atom stereocenters. The number of benzene rings is 2. The predicted octanol–water partition coefficient (Wildman–Crippen LogP) is 3.53. The Balaban J connectivity index is 1.69. The van der Waals surface area contributed by atoms with Crippen LogP contribution in [0.3, 0.4) is 0 Å². The van der Waals surface area contributed by atoms with Crippen LogP contribution in [-0.2, 0) is 32.6 Å². The molecule has 0 atom stereocenters. The van der Waals surface area contributed by atoms with Crippen molar-refractivity contribution in [1.29, 1.82) is 0 Å². The Morgan fingerprint density at radius 2 is 1.82 bits per heavy atom. The predicted molar refractivity (Wildman–Crippen MR) is 105 cm³/mol. The SMILES string of the molecule is COCc1ccc(-c2cccc(S(=O)(=O)NC(=O)CCc3ccccc3)c2)o1. The topological polar surface area (TPSA) is 85.6 Å². The number of hydrogen-bond acceptors (Lipinski definition) is 5. The molecule has 0 saturated heterocycles. The quantitative estimate of drug-likeness (QED) is 0.626. The fraction of sp³-hybridized carbons (Fsp3) is 0.190. The summed E-state index contributed by atoms with van der Waals surface area (Å²) in [7, 11) is -2.40. The summed E-state index contributed by atoms with van der Waals surface area (Å²) in [6.45, 7) is 0.329. The van der Waals surface area contributed by atoms with Gasteiger partial charge in [-0.25, -0.2) is 13.1 Å². The Kier molecular flexibility index (Phi) is 6.28. The van der Waals surface area contributed by atoms with Crippen LogP contribution in [0.15, 0.2) is 76.0 Å². The molecule has 1 aromatic heterocycles. The maximum Gasteiger partial charge on any atom is 0.264 e. The number of nitrogens with one attached hydrogen (secondary N) is 1. The first-order valence-corrected chi connectivity index (χ1v) is 10.2. The molecule has 0 spiro atoms. The number of hydrogen-bond donors (Lipinski definition) is 1. The largest absolute Gasteiger partial charge is 0.459 e. The molecule has 146 valence electrons. The van der Waals surface area contributed by atoms with Crippen molar-refractivity contribution < 1.29 is 22.4 Å². The van der Waals surface area contributed by atoms with E-state index in [4.69, 9.17) is 9.15 Å². The summed E-state index contributed by atoms with van der Waals surface area (Å²) in [6.07, 6.45) is 0.554. The Morgan fingerprint density at radius 1 is 1.04 bits per heavy atom. The van der Waals surface area contributed by atoms with Crippen molar-refractivity contribution in [2.45, 2.75) is 24.3 Å². The molecule has 0 aliphatic carbocycles. The van der Waals surface area contributed by atoms with Gasteiger partial charge < -0.3 is 9.15 Å². The van der Waals surface area contributed by atoms with Crippen molar-refractivity contribution in [3.8, 4) is 11.3 Å². The molecule has 0 saturated carbocycles. The highest BCUT2D eigenvalue weighted by Gasteiger charge is 2.18. The molecule has 2 aromatic carbocycles. The Morgan fingerprint density at radius 3 is 2.57 bits per heavy atom. The van der Waals surface area contributed by atoms with Crippen LogP contribution in [-0.4, -0.2) is 21.4 Å². The van der Waals surface area contributed by atoms with Gasteiger partial charge in [-0.2, -0.15) is 0 Å². The zero-order valence-corrected chi connectivity index (χ0v) is 16.2. The van der Waals surface area contributed by atoms with Crippen molar-refractivity contribution in [3.05, 3.63) is 78.1 Å². The molecule has 3 aromatic rings. The Hall–Kier alpha value is -2.90. The minimum Gasteiger partial charge on any atom is -0.459 e. The summed E-state index contributed by atoms with van der Waals surface area (Å²) in [5.74, 6) is 0.620. The van der Waals surface area contributed by atoms with Crippen LogP contribution in [0.2, 0.25) is 0 Å². The molecule has 6 nitrogen and oxygen atoms in total. The normalized spacial score (nSPS) is 11.3. The molecular formula is C21H21NO5S. The molecule has 7 heteroatoms. The van der Waals surface area contributed by atoms with Gasteiger partial charge >= 0.3 is 0 Å². The highest BCUT2D eigenvalue weighted by Crippen LogP contribution is 2.25. The van der Waals surface area contributed by atoms with Gasteiger partial charge in [0.05, 0.1) is 4.90 Å². The zero-order valence-electron chi connectivity index (χ0n) is 15.4. The number of furan rings is 1. The highest BCUT2D eigenvalue weighted by atomic mass is 32.2. The molecule has 1 N–H and O–H groups in total. The molecule has 3 rings (SSSR count). The second-order valence-electron chi connectivity index (χ2n) is 6.24. The first kappa shape index (κ1) is 19.9. The molecular weight excluding hydrogens is 378 g/mol. The van der Waals surface area contributed by atoms with E-state index in [1.807, 2.05) is 30.3 Å². The van der Waals surface area contributed by atoms with Crippen LogP contribution in [0.1, 0.15) is 17.7 Å². The number of carbonyl (C=O) groups is 1. The van der Waals surface area contributed by atoms with Crippen LogP contribution >= 0.6 is 0 Å². The van der Waals surface area contributed by atoms with Gasteiger partial charge in [0, 0.05) is 19.1 Å². The monoisotopic (exact) mass is 399 g/mol. The molecule has 0 radical (unpaired) electrons. The van der Waals surface area contributed by atoms with E-state index in [-0.39, 0.29) is 11.3 Å². The number of amides is 1. The van der Waals surface area contributed by atoms with E-state index in [1.165, 1.54) is 12.1 Å². The summed E-state index contributed by atoms with van der Waals surface area (Å²) in [5, 5.41) is 0. The van der Waals surface area contributed by atoms with E-state index in [1.54, 1.807) is 31.4 Å². The number of methoxy groups -OCH3 is 1. The second kappa shape index (κ2) is 8.86. The minimum absolute atomic E-state index is 0.00255. The number of ether oxygens (including phenoxy) is 1. The smallest absolute Gasteiger partial charge is 0.264 e. The van der Waals surface area contributed by atoms with Crippen LogP contribution < -0.4 is 4.72 Å². The van der Waals surface area contributed by atoms with E-state index >= 15 is 0 Å². The van der Waals surface area contributed by atoms with Crippen LogP contribution in [0, 0.1) is 0 Å². The van der Waals surface area contributed by atoms with E-state index in [0.717, 1.165) is 5.56 Å². The first-order chi connectivity index (χ1) is 13.5. The summed E-state index contributed by atoms with van der Waals surface area (Å²) < 4.78 is 37.9. The van der Waals surface area contributed by atoms with Gasteiger partial charge in [-0.3, -0.25) is 4.79 Å². The van der Waals surface area contributed by atoms with Gasteiger partial charge in [-0.15, -0.1) is 0 Å². The van der Waals surface area contributed by atoms with E-state index in [0.29, 0.717) is 30.1 Å². The van der Waals surface area contributed by atoms with E-state index in [2.05, 4.69) is 4.72 Å². The summed E-state index contributed by atoms with van der Waals surface area (Å²) >= 11 is 0. The van der Waals surface area contributed by atoms with Crippen molar-refractivity contribution in [3.63, 3.8) is 0 Å². The number of carbonyl (C=O) groups excluding carboxylic acids is 1. The summed E-state index contributed by atoms with van der Waals surface area (Å²) in [6, 6.07) is 19.2. The summed E-state index contributed by atoms with van der Waals surface area (Å²) in [5.41, 5.74) is 1.57. The lowest BCUT2D eigenvalue weighted by atomic mass is 10.1. The zero-order chi connectivity index (χ0) is 20.0. The molecule has 0 bridgehead atoms. The summed E-state index contributed by atoms with van der Waals surface area (Å²) in [4.78, 5) is 12.1. The van der Waals surface area contributed by atoms with Gasteiger partial charge in [-0.1, -0.05) is 42.5 Å². The molecule has 1 amide bonds. The molecule has 1 heterocycles. The molecule has 28 heavy (non-hydrogen) atoms. The third-order valence-corrected chi connectivity index (χ3v) is 5.48. The fourth-order valence-corrected chi connectivity index (χ4v) is 3.79. The third-order valence-electron chi connectivity index (χ3n) is 4.11. The average molecular weight is 399 g/mol. The maximum absolute atomic E-state index is 12.6. The standard InChI is InChI=1S/C21H21NO5S/c1-26-15-18-11-12-20(27-18)17-8-5-9-19(14-17)28(24,25)22-21(23)13-10-16-6-3-2-4-7-16/h2-9,11-12,14H,10,13,15H2,1H3,(H,22,23). The number of sulfonamides is 1. The molecule has 0 fully saturated rings. The van der Waals surface area contributed by atoms with Crippen molar-refractivity contribution in [2.75, 3.05) is 7.11 Å². The van der Waals surface area contributed by atoms with E-state index in [9.17, 15) is 13.2 Å². The number of aryl methyl sites for hydroxylation is 1. The van der Waals surface area contributed by atoms with Crippen LogP contribution in [0.5, 0.6) is 0 Å². The lowest BCUT2D eigenvalue weighted by Crippen LogP contribution is -2.30. The lowest BCUT2D eigenvalue weighted by Gasteiger charge is -2.08. The van der Waals surface area contributed by atoms with Gasteiger partial charge in [0.25, 0.3) is 10.0 Å². The minimum atomic E-state index is -3.96. The van der Waals surface area contributed by atoms with Crippen molar-refractivity contribution in [2.24, 2.45) is 0 Å². The number of rotatable bonds is 8. The average Bonchev–Trinajstić information content (AvgIpc) is 3.16. The first-order valence-electron chi connectivity index (χ1n) is 8.75. The Bertz CT molecular complexity index is 1040. The molecule has 0 aliphatic rings. The van der Waals surface area contributed by atoms with E-state index < -0.39 is 15.9 Å². The van der Waals surface area contributed by atoms with Crippen LogP contribution in [0.4, 0.5) is 0 Å². The van der Waals surface area contributed by atoms with Gasteiger partial charge in [0.15, 0.2) is 0 Å². The van der Waals surface area contributed by atoms with Gasteiger partial charge in [-0.05, 0) is 36.2 Å². The fourth-order valence-electron chi connectivity index (χ4n) is 2.73.